The molecule has 2 rings (SSSR count). The predicted molar refractivity (Wildman–Crippen MR) is 66.7 cm³/mol. The number of carbonyl (C=O) groups excluding carboxylic acids is 1. The van der Waals surface area contributed by atoms with Crippen LogP contribution in [0.4, 0.5) is 5.69 Å². The molecule has 1 fully saturated rings. The van der Waals surface area contributed by atoms with E-state index in [4.69, 9.17) is 0 Å². The Bertz CT molecular complexity index is 407. The Morgan fingerprint density at radius 1 is 1.47 bits per heavy atom. The van der Waals surface area contributed by atoms with Crippen LogP contribution in [-0.4, -0.2) is 54.4 Å². The minimum absolute atomic E-state index is 0.182. The van der Waals surface area contributed by atoms with Crippen LogP contribution in [0.25, 0.3) is 0 Å². The predicted octanol–water partition coefficient (Wildman–Crippen LogP) is 0.397. The molecule has 92 valence electrons. The Labute approximate surface area is 101 Å². The maximum atomic E-state index is 11.6. The van der Waals surface area contributed by atoms with Gasteiger partial charge in [0, 0.05) is 45.6 Å². The van der Waals surface area contributed by atoms with Gasteiger partial charge in [0.2, 0.25) is 5.91 Å². The van der Waals surface area contributed by atoms with Crippen molar-refractivity contribution >= 4 is 11.6 Å². The number of hydrogen-bond donors (Lipinski definition) is 1. The lowest BCUT2D eigenvalue weighted by Gasteiger charge is -2.31. The molecule has 17 heavy (non-hydrogen) atoms. The average Bonchev–Trinajstić information content (AvgIpc) is 2.34. The van der Waals surface area contributed by atoms with Crippen LogP contribution in [0.15, 0.2) is 18.3 Å². The lowest BCUT2D eigenvalue weighted by atomic mass is 10.2. The second-order valence-corrected chi connectivity index (χ2v) is 4.31. The summed E-state index contributed by atoms with van der Waals surface area (Å²) in [5.41, 5.74) is 2.05. The number of rotatable bonds is 3. The van der Waals surface area contributed by atoms with E-state index in [1.54, 1.807) is 11.1 Å². The highest BCUT2D eigenvalue weighted by Gasteiger charge is 2.20. The van der Waals surface area contributed by atoms with Crippen LogP contribution in [0, 0.1) is 0 Å². The summed E-state index contributed by atoms with van der Waals surface area (Å²) in [6, 6.07) is 3.95. The van der Waals surface area contributed by atoms with Gasteiger partial charge in [-0.2, -0.15) is 0 Å². The molecule has 0 atom stereocenters. The van der Waals surface area contributed by atoms with Gasteiger partial charge in [-0.3, -0.25) is 14.7 Å². The van der Waals surface area contributed by atoms with Crippen LogP contribution in [-0.2, 0) is 11.3 Å². The summed E-state index contributed by atoms with van der Waals surface area (Å²) in [4.78, 5) is 19.8. The fraction of sp³-hybridized carbons (Fsp3) is 0.500. The van der Waals surface area contributed by atoms with E-state index in [0.717, 1.165) is 31.0 Å². The number of likely N-dealkylation sites (N-methyl/N-ethyl adjacent to an activating group) is 1. The summed E-state index contributed by atoms with van der Waals surface area (Å²) in [5, 5.41) is 3.09. The molecule has 5 heteroatoms. The fourth-order valence-corrected chi connectivity index (χ4v) is 1.89. The van der Waals surface area contributed by atoms with Crippen molar-refractivity contribution in [2.45, 2.75) is 6.54 Å². The molecule has 0 aliphatic carbocycles. The van der Waals surface area contributed by atoms with E-state index in [9.17, 15) is 4.79 Å². The summed E-state index contributed by atoms with van der Waals surface area (Å²) >= 11 is 0. The summed E-state index contributed by atoms with van der Waals surface area (Å²) in [5.74, 6) is 0.182. The largest absolute Gasteiger partial charge is 0.388 e. The van der Waals surface area contributed by atoms with Crippen molar-refractivity contribution < 1.29 is 4.79 Å². The van der Waals surface area contributed by atoms with E-state index in [1.807, 2.05) is 26.2 Å². The molecule has 1 amide bonds. The van der Waals surface area contributed by atoms with Crippen LogP contribution in [0.5, 0.6) is 0 Å². The third-order valence-electron chi connectivity index (χ3n) is 3.03. The van der Waals surface area contributed by atoms with Gasteiger partial charge in [0.1, 0.15) is 0 Å². The Hall–Kier alpha value is -1.62. The van der Waals surface area contributed by atoms with E-state index >= 15 is 0 Å². The Balaban J connectivity index is 1.98. The quantitative estimate of drug-likeness (QED) is 0.822. The van der Waals surface area contributed by atoms with Crippen molar-refractivity contribution in [3.8, 4) is 0 Å². The minimum Gasteiger partial charge on any atom is -0.388 e. The zero-order valence-corrected chi connectivity index (χ0v) is 10.3. The highest BCUT2D eigenvalue weighted by Crippen LogP contribution is 2.10. The van der Waals surface area contributed by atoms with Crippen molar-refractivity contribution in [1.29, 1.82) is 0 Å². The zero-order valence-electron chi connectivity index (χ0n) is 10.3. The van der Waals surface area contributed by atoms with Crippen LogP contribution in [0.3, 0.4) is 0 Å². The molecule has 0 radical (unpaired) electrons. The molecule has 1 aromatic heterocycles. The molecule has 1 aliphatic rings. The van der Waals surface area contributed by atoms with Crippen LogP contribution >= 0.6 is 0 Å². The van der Waals surface area contributed by atoms with Crippen molar-refractivity contribution in [2.24, 2.45) is 0 Å². The van der Waals surface area contributed by atoms with Crippen molar-refractivity contribution in [3.63, 3.8) is 0 Å². The summed E-state index contributed by atoms with van der Waals surface area (Å²) in [6.45, 7) is 2.93. The highest BCUT2D eigenvalue weighted by atomic mass is 16.2. The van der Waals surface area contributed by atoms with Gasteiger partial charge in [-0.05, 0) is 12.1 Å². The molecule has 2 heterocycles. The van der Waals surface area contributed by atoms with Crippen molar-refractivity contribution in [1.82, 2.24) is 14.8 Å². The Morgan fingerprint density at radius 3 is 3.00 bits per heavy atom. The van der Waals surface area contributed by atoms with E-state index < -0.39 is 0 Å². The summed E-state index contributed by atoms with van der Waals surface area (Å²) in [6.07, 6.45) is 1.79. The molecule has 0 bridgehead atoms. The number of amides is 1. The first-order valence-electron chi connectivity index (χ1n) is 5.78. The molecule has 0 unspecified atom stereocenters. The van der Waals surface area contributed by atoms with Crippen LogP contribution < -0.4 is 5.32 Å². The van der Waals surface area contributed by atoms with Gasteiger partial charge >= 0.3 is 0 Å². The third kappa shape index (κ3) is 2.94. The smallest absolute Gasteiger partial charge is 0.236 e. The van der Waals surface area contributed by atoms with E-state index in [1.165, 1.54) is 0 Å². The molecular formula is C12H18N4O. The molecule has 1 saturated heterocycles. The maximum absolute atomic E-state index is 11.6. The molecule has 1 aromatic rings. The standard InChI is InChI=1S/C12H18N4O/c1-13-10-3-4-14-11(7-10)8-16-6-5-15(2)12(17)9-16/h3-4,7H,5-6,8-9H2,1-2H3,(H,13,14). The van der Waals surface area contributed by atoms with Crippen LogP contribution in [0.1, 0.15) is 5.69 Å². The average molecular weight is 234 g/mol. The van der Waals surface area contributed by atoms with E-state index in [0.29, 0.717) is 6.54 Å². The molecular weight excluding hydrogens is 216 g/mol. The van der Waals surface area contributed by atoms with Gasteiger partial charge in [-0.15, -0.1) is 0 Å². The van der Waals surface area contributed by atoms with E-state index in [-0.39, 0.29) is 5.91 Å². The second-order valence-electron chi connectivity index (χ2n) is 4.31. The van der Waals surface area contributed by atoms with Crippen LogP contribution in [0.2, 0.25) is 0 Å². The number of hydrogen-bond acceptors (Lipinski definition) is 4. The van der Waals surface area contributed by atoms with Crippen molar-refractivity contribution in [3.05, 3.63) is 24.0 Å². The van der Waals surface area contributed by atoms with Gasteiger partial charge in [0.15, 0.2) is 0 Å². The molecule has 1 N–H and O–H groups in total. The van der Waals surface area contributed by atoms with Gasteiger partial charge < -0.3 is 10.2 Å². The lowest BCUT2D eigenvalue weighted by molar-refractivity contribution is -0.134. The fourth-order valence-electron chi connectivity index (χ4n) is 1.89. The Morgan fingerprint density at radius 2 is 2.29 bits per heavy atom. The van der Waals surface area contributed by atoms with Gasteiger partial charge in [-0.25, -0.2) is 0 Å². The topological polar surface area (TPSA) is 48.5 Å². The first kappa shape index (κ1) is 11.9. The third-order valence-corrected chi connectivity index (χ3v) is 3.03. The van der Waals surface area contributed by atoms with Gasteiger partial charge in [-0.1, -0.05) is 0 Å². The van der Waals surface area contributed by atoms with E-state index in [2.05, 4.69) is 15.2 Å². The molecule has 5 nitrogen and oxygen atoms in total. The number of carbonyl (C=O) groups is 1. The first-order chi connectivity index (χ1) is 8.19. The first-order valence-corrected chi connectivity index (χ1v) is 5.78. The molecule has 0 aromatic carbocycles. The zero-order chi connectivity index (χ0) is 12.3. The monoisotopic (exact) mass is 234 g/mol. The second kappa shape index (κ2) is 5.14. The Kier molecular flexibility index (Phi) is 3.58. The number of piperazine rings is 1. The lowest BCUT2D eigenvalue weighted by Crippen LogP contribution is -2.48. The summed E-state index contributed by atoms with van der Waals surface area (Å²) in [7, 11) is 3.73. The SMILES string of the molecule is CNc1ccnc(CN2CCN(C)C(=O)C2)c1. The minimum atomic E-state index is 0.182. The number of aromatic nitrogens is 1. The normalized spacial score (nSPS) is 17.3. The van der Waals surface area contributed by atoms with Gasteiger partial charge in [0.25, 0.3) is 0 Å². The molecule has 0 spiro atoms. The van der Waals surface area contributed by atoms with Crippen molar-refractivity contribution in [2.75, 3.05) is 39.0 Å². The number of anilines is 1. The highest BCUT2D eigenvalue weighted by molar-refractivity contribution is 5.78. The maximum Gasteiger partial charge on any atom is 0.236 e. The molecule has 1 aliphatic heterocycles. The number of nitrogens with zero attached hydrogens (tertiary/aromatic N) is 3. The number of nitrogens with one attached hydrogen (secondary N) is 1. The van der Waals surface area contributed by atoms with Gasteiger partial charge in [0.05, 0.1) is 12.2 Å². The molecule has 0 saturated carbocycles. The number of pyridine rings is 1. The summed E-state index contributed by atoms with van der Waals surface area (Å²) < 4.78 is 0.